The molecule has 0 radical (unpaired) electrons. The predicted molar refractivity (Wildman–Crippen MR) is 72.0 cm³/mol. The molecule has 0 bridgehead atoms. The Bertz CT molecular complexity index is 394. The molecule has 1 aliphatic heterocycles. The van der Waals surface area contributed by atoms with Crippen molar-refractivity contribution in [3.8, 4) is 0 Å². The van der Waals surface area contributed by atoms with Crippen molar-refractivity contribution in [3.63, 3.8) is 0 Å². The summed E-state index contributed by atoms with van der Waals surface area (Å²) in [4.78, 5) is 15.2. The third-order valence-corrected chi connectivity index (χ3v) is 5.01. The Morgan fingerprint density at radius 2 is 2.53 bits per heavy atom. The second kappa shape index (κ2) is 5.98. The van der Waals surface area contributed by atoms with Crippen molar-refractivity contribution in [3.05, 3.63) is 20.8 Å². The molecule has 2 rings (SSSR count). The van der Waals surface area contributed by atoms with Gasteiger partial charge in [0.05, 0.1) is 13.0 Å². The summed E-state index contributed by atoms with van der Waals surface area (Å²) in [7, 11) is 1.47. The number of nitrogens with zero attached hydrogens (tertiary/aromatic N) is 1. The van der Waals surface area contributed by atoms with Crippen molar-refractivity contribution in [2.75, 3.05) is 20.2 Å². The number of rotatable bonds is 3. The number of hydrogen-bond acceptors (Lipinski definition) is 4. The number of methoxy groups -OCH3 is 1. The number of piperidine rings is 1. The first-order chi connectivity index (χ1) is 8.20. The van der Waals surface area contributed by atoms with E-state index in [1.807, 2.05) is 0 Å². The minimum Gasteiger partial charge on any atom is -0.469 e. The first-order valence-corrected chi connectivity index (χ1v) is 7.40. The molecule has 0 aliphatic carbocycles. The summed E-state index contributed by atoms with van der Waals surface area (Å²) in [5, 5.41) is 2.08. The second-order valence-electron chi connectivity index (χ2n) is 4.29. The minimum atomic E-state index is -0.0695. The monoisotopic (exact) mass is 317 g/mol. The fourth-order valence-electron chi connectivity index (χ4n) is 2.20. The van der Waals surface area contributed by atoms with Crippen LogP contribution < -0.4 is 0 Å². The summed E-state index contributed by atoms with van der Waals surface area (Å²) in [5.41, 5.74) is 0. The van der Waals surface area contributed by atoms with E-state index < -0.39 is 0 Å². The third kappa shape index (κ3) is 3.30. The lowest BCUT2D eigenvalue weighted by molar-refractivity contribution is -0.147. The molecule has 1 fully saturated rings. The van der Waals surface area contributed by atoms with Crippen molar-refractivity contribution in [1.29, 1.82) is 0 Å². The van der Waals surface area contributed by atoms with Crippen LogP contribution in [0.15, 0.2) is 15.9 Å². The quantitative estimate of drug-likeness (QED) is 0.803. The number of hydrogen-bond donors (Lipinski definition) is 0. The number of thiophene rings is 1. The molecule has 0 N–H and O–H groups in total. The third-order valence-electron chi connectivity index (χ3n) is 3.10. The highest BCUT2D eigenvalue weighted by molar-refractivity contribution is 9.10. The Kier molecular flexibility index (Phi) is 4.59. The van der Waals surface area contributed by atoms with Gasteiger partial charge in [0.1, 0.15) is 0 Å². The van der Waals surface area contributed by atoms with Crippen LogP contribution in [0, 0.1) is 5.92 Å². The highest BCUT2D eigenvalue weighted by Crippen LogP contribution is 2.26. The van der Waals surface area contributed by atoms with E-state index in [0.717, 1.165) is 32.5 Å². The summed E-state index contributed by atoms with van der Waals surface area (Å²) < 4.78 is 5.99. The maximum absolute atomic E-state index is 11.5. The predicted octanol–water partition coefficient (Wildman–Crippen LogP) is 2.90. The van der Waals surface area contributed by atoms with Gasteiger partial charge < -0.3 is 4.74 Å². The Morgan fingerprint density at radius 3 is 3.18 bits per heavy atom. The number of halogens is 1. The van der Waals surface area contributed by atoms with Gasteiger partial charge >= 0.3 is 5.97 Å². The zero-order valence-corrected chi connectivity index (χ0v) is 12.2. The Morgan fingerprint density at radius 1 is 1.71 bits per heavy atom. The summed E-state index contributed by atoms with van der Waals surface area (Å²) in [5.74, 6) is -0.0209. The maximum Gasteiger partial charge on any atom is 0.309 e. The fourth-order valence-corrected chi connectivity index (χ4v) is 3.72. The Labute approximate surface area is 114 Å². The molecule has 1 aromatic rings. The molecule has 5 heteroatoms. The molecule has 1 aliphatic rings. The molecule has 0 amide bonds. The SMILES string of the molecule is COC(=O)[C@H]1CCCN(Cc2sccc2Br)C1. The van der Waals surface area contributed by atoms with Gasteiger partial charge in [-0.15, -0.1) is 11.3 Å². The zero-order chi connectivity index (χ0) is 12.3. The fraction of sp³-hybridized carbons (Fsp3) is 0.583. The molecular weight excluding hydrogens is 302 g/mol. The number of esters is 1. The van der Waals surface area contributed by atoms with E-state index >= 15 is 0 Å². The summed E-state index contributed by atoms with van der Waals surface area (Å²) in [6.07, 6.45) is 2.03. The first-order valence-electron chi connectivity index (χ1n) is 5.72. The summed E-state index contributed by atoms with van der Waals surface area (Å²) in [6, 6.07) is 2.07. The van der Waals surface area contributed by atoms with Gasteiger partial charge in [-0.1, -0.05) is 0 Å². The highest BCUT2D eigenvalue weighted by atomic mass is 79.9. The van der Waals surface area contributed by atoms with E-state index in [-0.39, 0.29) is 11.9 Å². The molecule has 94 valence electrons. The number of ether oxygens (including phenoxy) is 1. The summed E-state index contributed by atoms with van der Waals surface area (Å²) in [6.45, 7) is 2.81. The van der Waals surface area contributed by atoms with Crippen molar-refractivity contribution in [2.45, 2.75) is 19.4 Å². The van der Waals surface area contributed by atoms with Gasteiger partial charge in [0, 0.05) is 22.4 Å². The van der Waals surface area contributed by atoms with Crippen LogP contribution in [0.4, 0.5) is 0 Å². The topological polar surface area (TPSA) is 29.5 Å². The van der Waals surface area contributed by atoms with Gasteiger partial charge in [-0.2, -0.15) is 0 Å². The number of carbonyl (C=O) groups excluding carboxylic acids is 1. The Balaban J connectivity index is 1.94. The average molecular weight is 318 g/mol. The molecule has 3 nitrogen and oxygen atoms in total. The molecule has 1 aromatic heterocycles. The van der Waals surface area contributed by atoms with Crippen LogP contribution in [-0.2, 0) is 16.1 Å². The van der Waals surface area contributed by atoms with Gasteiger partial charge in [-0.3, -0.25) is 9.69 Å². The molecular formula is C12H16BrNO2S. The van der Waals surface area contributed by atoms with E-state index in [2.05, 4.69) is 32.3 Å². The standard InChI is InChI=1S/C12H16BrNO2S/c1-16-12(15)9-3-2-5-14(7-9)8-11-10(13)4-6-17-11/h4,6,9H,2-3,5,7-8H2,1H3/t9-/m0/s1. The molecule has 2 heterocycles. The van der Waals surface area contributed by atoms with E-state index in [4.69, 9.17) is 4.74 Å². The highest BCUT2D eigenvalue weighted by Gasteiger charge is 2.26. The second-order valence-corrected chi connectivity index (χ2v) is 6.14. The van der Waals surface area contributed by atoms with Crippen LogP contribution in [0.25, 0.3) is 0 Å². The van der Waals surface area contributed by atoms with Gasteiger partial charge in [0.15, 0.2) is 0 Å². The smallest absolute Gasteiger partial charge is 0.309 e. The van der Waals surface area contributed by atoms with Crippen LogP contribution in [-0.4, -0.2) is 31.1 Å². The van der Waals surface area contributed by atoms with Gasteiger partial charge in [0.2, 0.25) is 0 Å². The van der Waals surface area contributed by atoms with Crippen molar-refractivity contribution < 1.29 is 9.53 Å². The van der Waals surface area contributed by atoms with E-state index in [1.54, 1.807) is 11.3 Å². The van der Waals surface area contributed by atoms with E-state index in [9.17, 15) is 4.79 Å². The normalized spacial score (nSPS) is 21.4. The molecule has 0 spiro atoms. The van der Waals surface area contributed by atoms with Crippen LogP contribution in [0.1, 0.15) is 17.7 Å². The van der Waals surface area contributed by atoms with Crippen LogP contribution in [0.5, 0.6) is 0 Å². The van der Waals surface area contributed by atoms with Gasteiger partial charge in [-0.25, -0.2) is 0 Å². The molecule has 1 atom stereocenters. The zero-order valence-electron chi connectivity index (χ0n) is 9.82. The average Bonchev–Trinajstić information content (AvgIpc) is 2.74. The lowest BCUT2D eigenvalue weighted by Crippen LogP contribution is -2.38. The lowest BCUT2D eigenvalue weighted by Gasteiger charge is -2.30. The van der Waals surface area contributed by atoms with E-state index in [0.29, 0.717) is 0 Å². The van der Waals surface area contributed by atoms with Crippen molar-refractivity contribution in [1.82, 2.24) is 4.90 Å². The van der Waals surface area contributed by atoms with Crippen LogP contribution in [0.3, 0.4) is 0 Å². The van der Waals surface area contributed by atoms with Crippen LogP contribution >= 0.6 is 27.3 Å². The molecule has 1 saturated heterocycles. The molecule has 0 unspecified atom stereocenters. The number of likely N-dealkylation sites (tertiary alicyclic amines) is 1. The lowest BCUT2D eigenvalue weighted by atomic mass is 9.98. The molecule has 0 saturated carbocycles. The summed E-state index contributed by atoms with van der Waals surface area (Å²) >= 11 is 5.30. The first kappa shape index (κ1) is 13.1. The molecule has 0 aromatic carbocycles. The Hall–Kier alpha value is -0.390. The van der Waals surface area contributed by atoms with Crippen molar-refractivity contribution >= 4 is 33.2 Å². The minimum absolute atomic E-state index is 0.0486. The number of carbonyl (C=O) groups is 1. The van der Waals surface area contributed by atoms with E-state index in [1.165, 1.54) is 16.5 Å². The largest absolute Gasteiger partial charge is 0.469 e. The van der Waals surface area contributed by atoms with Crippen LogP contribution in [0.2, 0.25) is 0 Å². The van der Waals surface area contributed by atoms with Crippen molar-refractivity contribution in [2.24, 2.45) is 5.92 Å². The molecule has 17 heavy (non-hydrogen) atoms. The van der Waals surface area contributed by atoms with Gasteiger partial charge in [-0.05, 0) is 46.8 Å². The van der Waals surface area contributed by atoms with Gasteiger partial charge in [0.25, 0.3) is 0 Å². The maximum atomic E-state index is 11.5.